The molecule has 1 heterocycles. The van der Waals surface area contributed by atoms with Crippen LogP contribution in [0.1, 0.15) is 17.3 Å². The summed E-state index contributed by atoms with van der Waals surface area (Å²) in [6, 6.07) is 3.18. The van der Waals surface area contributed by atoms with E-state index in [1.807, 2.05) is 0 Å². The molecular weight excluding hydrogens is 260 g/mol. The van der Waals surface area contributed by atoms with E-state index in [1.165, 1.54) is 18.2 Å². The summed E-state index contributed by atoms with van der Waals surface area (Å²) in [5.41, 5.74) is 0.372. The zero-order chi connectivity index (χ0) is 15.0. The van der Waals surface area contributed by atoms with Crippen LogP contribution in [0.15, 0.2) is 31.0 Å². The topological polar surface area (TPSA) is 68.7 Å². The van der Waals surface area contributed by atoms with Gasteiger partial charge in [0.05, 0.1) is 19.3 Å². The highest BCUT2D eigenvalue weighted by atomic mass is 16.5. The fourth-order valence-corrected chi connectivity index (χ4v) is 1.55. The van der Waals surface area contributed by atoms with Gasteiger partial charge in [0.1, 0.15) is 6.54 Å². The van der Waals surface area contributed by atoms with Crippen molar-refractivity contribution >= 4 is 11.9 Å². The van der Waals surface area contributed by atoms with Crippen LogP contribution in [-0.2, 0) is 9.53 Å². The van der Waals surface area contributed by atoms with E-state index in [2.05, 4.69) is 11.6 Å². The van der Waals surface area contributed by atoms with E-state index in [0.29, 0.717) is 11.4 Å². The highest BCUT2D eigenvalue weighted by Gasteiger charge is 2.18. The third-order valence-corrected chi connectivity index (χ3v) is 2.45. The second kappa shape index (κ2) is 7.93. The minimum Gasteiger partial charge on any atom is -0.481 e. The van der Waals surface area contributed by atoms with Crippen molar-refractivity contribution in [2.24, 2.45) is 0 Å². The molecule has 1 rings (SSSR count). The molecule has 0 saturated heterocycles. The quantitative estimate of drug-likeness (QED) is 0.555. The van der Waals surface area contributed by atoms with Gasteiger partial charge in [-0.2, -0.15) is 0 Å². The van der Waals surface area contributed by atoms with Crippen LogP contribution < -0.4 is 4.74 Å². The van der Waals surface area contributed by atoms with E-state index in [0.717, 1.165) is 0 Å². The van der Waals surface area contributed by atoms with E-state index in [-0.39, 0.29) is 25.6 Å². The molecule has 0 aromatic carbocycles. The number of hydrogen-bond acceptors (Lipinski definition) is 5. The molecule has 1 aromatic rings. The van der Waals surface area contributed by atoms with Crippen molar-refractivity contribution in [3.63, 3.8) is 0 Å². The number of ether oxygens (including phenoxy) is 2. The summed E-state index contributed by atoms with van der Waals surface area (Å²) < 4.78 is 9.77. The average molecular weight is 278 g/mol. The Hall–Kier alpha value is -2.37. The number of aromatic nitrogens is 1. The molecule has 1 amide bonds. The van der Waals surface area contributed by atoms with Crippen LogP contribution in [0.5, 0.6) is 5.88 Å². The SMILES string of the molecule is C=CCN(CC(=O)OCC)C(=O)c1ccc(OC)nc1. The number of nitrogens with zero attached hydrogens (tertiary/aromatic N) is 2. The van der Waals surface area contributed by atoms with Crippen molar-refractivity contribution in [2.45, 2.75) is 6.92 Å². The minimum absolute atomic E-state index is 0.120. The summed E-state index contributed by atoms with van der Waals surface area (Å²) in [7, 11) is 1.49. The van der Waals surface area contributed by atoms with E-state index < -0.39 is 5.97 Å². The summed E-state index contributed by atoms with van der Waals surface area (Å²) in [6.45, 7) is 5.70. The molecule has 0 aliphatic heterocycles. The molecule has 0 N–H and O–H groups in total. The van der Waals surface area contributed by atoms with Crippen molar-refractivity contribution < 1.29 is 19.1 Å². The number of carbonyl (C=O) groups excluding carboxylic acids is 2. The van der Waals surface area contributed by atoms with Gasteiger partial charge in [-0.15, -0.1) is 6.58 Å². The van der Waals surface area contributed by atoms with Gasteiger partial charge in [0.25, 0.3) is 5.91 Å². The van der Waals surface area contributed by atoms with Gasteiger partial charge in [0.2, 0.25) is 5.88 Å². The van der Waals surface area contributed by atoms with Crippen molar-refractivity contribution in [2.75, 3.05) is 26.8 Å². The molecule has 1 aromatic heterocycles. The zero-order valence-electron chi connectivity index (χ0n) is 11.7. The Kier molecular flexibility index (Phi) is 6.22. The van der Waals surface area contributed by atoms with Gasteiger partial charge in [-0.05, 0) is 13.0 Å². The molecule has 0 saturated carbocycles. The Labute approximate surface area is 118 Å². The maximum Gasteiger partial charge on any atom is 0.325 e. The smallest absolute Gasteiger partial charge is 0.325 e. The third-order valence-electron chi connectivity index (χ3n) is 2.45. The van der Waals surface area contributed by atoms with Crippen molar-refractivity contribution in [3.8, 4) is 5.88 Å². The minimum atomic E-state index is -0.454. The molecule has 108 valence electrons. The standard InChI is InChI=1S/C14H18N2O4/c1-4-8-16(10-13(17)20-5-2)14(18)11-6-7-12(19-3)15-9-11/h4,6-7,9H,1,5,8,10H2,2-3H3. The van der Waals surface area contributed by atoms with E-state index in [1.54, 1.807) is 25.1 Å². The normalized spacial score (nSPS) is 9.70. The molecule has 0 radical (unpaired) electrons. The maximum atomic E-state index is 12.3. The number of pyridine rings is 1. The molecule has 0 bridgehead atoms. The highest BCUT2D eigenvalue weighted by molar-refractivity contribution is 5.95. The van der Waals surface area contributed by atoms with Crippen LogP contribution in [0.2, 0.25) is 0 Å². The molecule has 20 heavy (non-hydrogen) atoms. The van der Waals surface area contributed by atoms with Crippen molar-refractivity contribution in [1.29, 1.82) is 0 Å². The molecule has 0 atom stereocenters. The Morgan fingerprint density at radius 1 is 1.45 bits per heavy atom. The van der Waals surface area contributed by atoms with E-state index in [9.17, 15) is 9.59 Å². The summed E-state index contributed by atoms with van der Waals surface area (Å²) in [6.07, 6.45) is 2.95. The number of amides is 1. The van der Waals surface area contributed by atoms with Gasteiger partial charge in [-0.3, -0.25) is 9.59 Å². The Morgan fingerprint density at radius 2 is 2.20 bits per heavy atom. The summed E-state index contributed by atoms with van der Waals surface area (Å²) in [5.74, 6) is -0.348. The van der Waals surface area contributed by atoms with Gasteiger partial charge < -0.3 is 14.4 Å². The van der Waals surface area contributed by atoms with Crippen LogP contribution in [0.4, 0.5) is 0 Å². The number of esters is 1. The Morgan fingerprint density at radius 3 is 2.70 bits per heavy atom. The summed E-state index contributed by atoms with van der Waals surface area (Å²) in [4.78, 5) is 29.0. The van der Waals surface area contributed by atoms with Gasteiger partial charge in [-0.25, -0.2) is 4.98 Å². The van der Waals surface area contributed by atoms with Gasteiger partial charge >= 0.3 is 5.97 Å². The van der Waals surface area contributed by atoms with Crippen LogP contribution >= 0.6 is 0 Å². The Balaban J connectivity index is 2.81. The lowest BCUT2D eigenvalue weighted by Crippen LogP contribution is -2.36. The number of methoxy groups -OCH3 is 1. The van der Waals surface area contributed by atoms with Crippen LogP contribution in [0.25, 0.3) is 0 Å². The predicted molar refractivity (Wildman–Crippen MR) is 73.5 cm³/mol. The lowest BCUT2D eigenvalue weighted by molar-refractivity contribution is -0.143. The summed E-state index contributed by atoms with van der Waals surface area (Å²) >= 11 is 0. The first-order chi connectivity index (χ1) is 9.62. The van der Waals surface area contributed by atoms with E-state index in [4.69, 9.17) is 9.47 Å². The maximum absolute atomic E-state index is 12.3. The summed E-state index contributed by atoms with van der Waals surface area (Å²) in [5, 5.41) is 0. The van der Waals surface area contributed by atoms with Crippen LogP contribution in [0, 0.1) is 0 Å². The van der Waals surface area contributed by atoms with Crippen molar-refractivity contribution in [3.05, 3.63) is 36.5 Å². The molecule has 6 heteroatoms. The second-order valence-electron chi connectivity index (χ2n) is 3.87. The van der Waals surface area contributed by atoms with Crippen LogP contribution in [0.3, 0.4) is 0 Å². The number of rotatable bonds is 7. The molecule has 0 aliphatic carbocycles. The average Bonchev–Trinajstić information content (AvgIpc) is 2.46. The first kappa shape index (κ1) is 15.7. The fraction of sp³-hybridized carbons (Fsp3) is 0.357. The zero-order valence-corrected chi connectivity index (χ0v) is 11.7. The molecule has 6 nitrogen and oxygen atoms in total. The molecule has 0 unspecified atom stereocenters. The van der Waals surface area contributed by atoms with Crippen molar-refractivity contribution in [1.82, 2.24) is 9.88 Å². The first-order valence-electron chi connectivity index (χ1n) is 6.18. The third kappa shape index (κ3) is 4.38. The highest BCUT2D eigenvalue weighted by Crippen LogP contribution is 2.09. The molecular formula is C14H18N2O4. The number of carbonyl (C=O) groups is 2. The lowest BCUT2D eigenvalue weighted by atomic mass is 10.2. The monoisotopic (exact) mass is 278 g/mol. The molecule has 0 spiro atoms. The lowest BCUT2D eigenvalue weighted by Gasteiger charge is -2.19. The van der Waals surface area contributed by atoms with Gasteiger partial charge in [-0.1, -0.05) is 6.08 Å². The largest absolute Gasteiger partial charge is 0.481 e. The van der Waals surface area contributed by atoms with Gasteiger partial charge in [0.15, 0.2) is 0 Å². The second-order valence-corrected chi connectivity index (χ2v) is 3.87. The molecule has 0 aliphatic rings. The Bertz CT molecular complexity index is 471. The van der Waals surface area contributed by atoms with E-state index >= 15 is 0 Å². The fourth-order valence-electron chi connectivity index (χ4n) is 1.55. The molecule has 0 fully saturated rings. The van der Waals surface area contributed by atoms with Gasteiger partial charge in [0, 0.05) is 18.8 Å². The van der Waals surface area contributed by atoms with Crippen LogP contribution in [-0.4, -0.2) is 48.6 Å². The first-order valence-corrected chi connectivity index (χ1v) is 6.18. The number of hydrogen-bond donors (Lipinski definition) is 0. The predicted octanol–water partition coefficient (Wildman–Crippen LogP) is 1.28.